The van der Waals surface area contributed by atoms with E-state index >= 15 is 0 Å². The maximum Gasteiger partial charge on any atom is 0.263 e. The highest BCUT2D eigenvalue weighted by atomic mass is 127. The highest BCUT2D eigenvalue weighted by Crippen LogP contribution is 2.34. The number of anilines is 2. The minimum absolute atomic E-state index is 0.00918. The zero-order valence-electron chi connectivity index (χ0n) is 10.2. The van der Waals surface area contributed by atoms with Gasteiger partial charge in [-0.25, -0.2) is 8.42 Å². The zero-order chi connectivity index (χ0) is 15.8. The highest BCUT2D eigenvalue weighted by molar-refractivity contribution is 14.1. The maximum absolute atomic E-state index is 12.4. The standard InChI is InChI=1S/C12H8Cl3IN2O2S/c13-7-2-4-10(11(15)12(7)17)21(19,20)18-9-3-1-6(16)5-8(9)14/h1-5,18H,17H2. The van der Waals surface area contributed by atoms with E-state index in [1.54, 1.807) is 18.2 Å². The molecule has 9 heteroatoms. The number of hydrogen-bond acceptors (Lipinski definition) is 3. The van der Waals surface area contributed by atoms with Gasteiger partial charge in [0, 0.05) is 3.57 Å². The first-order valence-corrected chi connectivity index (χ1v) is 9.13. The van der Waals surface area contributed by atoms with Gasteiger partial charge in [0.05, 0.1) is 26.4 Å². The summed E-state index contributed by atoms with van der Waals surface area (Å²) in [6, 6.07) is 7.57. The molecular weight excluding hydrogens is 469 g/mol. The lowest BCUT2D eigenvalue weighted by Gasteiger charge is -2.12. The van der Waals surface area contributed by atoms with Crippen LogP contribution in [0, 0.1) is 3.57 Å². The largest absolute Gasteiger partial charge is 0.396 e. The molecule has 112 valence electrons. The minimum atomic E-state index is -3.93. The summed E-state index contributed by atoms with van der Waals surface area (Å²) in [4.78, 5) is -0.166. The second kappa shape index (κ2) is 6.37. The van der Waals surface area contributed by atoms with Gasteiger partial charge in [-0.05, 0) is 52.9 Å². The fraction of sp³-hybridized carbons (Fsp3) is 0. The molecule has 0 aliphatic carbocycles. The molecule has 0 aliphatic rings. The summed E-state index contributed by atoms with van der Waals surface area (Å²) in [5.41, 5.74) is 5.90. The number of benzene rings is 2. The van der Waals surface area contributed by atoms with Gasteiger partial charge in [0.2, 0.25) is 0 Å². The molecule has 0 radical (unpaired) electrons. The Kier molecular flexibility index (Phi) is 5.15. The number of nitrogens with one attached hydrogen (secondary N) is 1. The van der Waals surface area contributed by atoms with Crippen LogP contribution in [-0.4, -0.2) is 8.42 Å². The van der Waals surface area contributed by atoms with Crippen molar-refractivity contribution in [2.45, 2.75) is 4.90 Å². The van der Waals surface area contributed by atoms with E-state index in [0.29, 0.717) is 0 Å². The molecule has 0 atom stereocenters. The van der Waals surface area contributed by atoms with E-state index in [-0.39, 0.29) is 31.3 Å². The summed E-state index contributed by atoms with van der Waals surface area (Å²) in [6.45, 7) is 0. The minimum Gasteiger partial charge on any atom is -0.396 e. The topological polar surface area (TPSA) is 72.2 Å². The summed E-state index contributed by atoms with van der Waals surface area (Å²) in [6.07, 6.45) is 0. The van der Waals surface area contributed by atoms with Crippen LogP contribution >= 0.6 is 57.4 Å². The molecule has 0 amide bonds. The molecule has 4 nitrogen and oxygen atoms in total. The Morgan fingerprint density at radius 1 is 1.05 bits per heavy atom. The van der Waals surface area contributed by atoms with E-state index in [1.165, 1.54) is 12.1 Å². The Morgan fingerprint density at radius 2 is 1.71 bits per heavy atom. The Morgan fingerprint density at radius 3 is 2.33 bits per heavy atom. The van der Waals surface area contributed by atoms with Crippen LogP contribution in [0.5, 0.6) is 0 Å². The summed E-state index contributed by atoms with van der Waals surface area (Å²) < 4.78 is 28.0. The van der Waals surface area contributed by atoms with Crippen molar-refractivity contribution in [1.29, 1.82) is 0 Å². The van der Waals surface area contributed by atoms with Crippen LogP contribution in [0.1, 0.15) is 0 Å². The van der Waals surface area contributed by atoms with Crippen molar-refractivity contribution in [3.05, 3.63) is 49.0 Å². The molecule has 0 unspecified atom stereocenters. The molecule has 0 spiro atoms. The number of nitrogens with two attached hydrogens (primary N) is 1. The SMILES string of the molecule is Nc1c(Cl)ccc(S(=O)(=O)Nc2ccc(I)cc2Cl)c1Cl. The van der Waals surface area contributed by atoms with Crippen LogP contribution in [0.4, 0.5) is 11.4 Å². The van der Waals surface area contributed by atoms with Gasteiger partial charge in [-0.15, -0.1) is 0 Å². The van der Waals surface area contributed by atoms with Crippen LogP contribution in [0.2, 0.25) is 15.1 Å². The fourth-order valence-electron chi connectivity index (χ4n) is 1.53. The third kappa shape index (κ3) is 3.68. The molecule has 2 rings (SSSR count). The summed E-state index contributed by atoms with van der Waals surface area (Å²) >= 11 is 19.8. The smallest absolute Gasteiger partial charge is 0.263 e. The average molecular weight is 478 g/mol. The fourth-order valence-corrected chi connectivity index (χ4v) is 4.33. The molecule has 21 heavy (non-hydrogen) atoms. The number of hydrogen-bond donors (Lipinski definition) is 2. The summed E-state index contributed by atoms with van der Waals surface area (Å²) in [5, 5.41) is 0.339. The van der Waals surface area contributed by atoms with Crippen LogP contribution in [-0.2, 0) is 10.0 Å². The lowest BCUT2D eigenvalue weighted by molar-refractivity contribution is 0.601. The van der Waals surface area contributed by atoms with E-state index < -0.39 is 10.0 Å². The van der Waals surface area contributed by atoms with E-state index in [2.05, 4.69) is 27.3 Å². The van der Waals surface area contributed by atoms with Crippen molar-refractivity contribution in [1.82, 2.24) is 0 Å². The number of nitrogen functional groups attached to an aromatic ring is 1. The molecule has 2 aromatic carbocycles. The van der Waals surface area contributed by atoms with Gasteiger partial charge in [-0.2, -0.15) is 0 Å². The van der Waals surface area contributed by atoms with Crippen molar-refractivity contribution in [3.63, 3.8) is 0 Å². The van der Waals surface area contributed by atoms with Crippen molar-refractivity contribution in [2.75, 3.05) is 10.5 Å². The average Bonchev–Trinajstić information content (AvgIpc) is 2.39. The highest BCUT2D eigenvalue weighted by Gasteiger charge is 2.21. The molecule has 2 aromatic rings. The number of rotatable bonds is 3. The quantitative estimate of drug-likeness (QED) is 0.500. The monoisotopic (exact) mass is 476 g/mol. The van der Waals surface area contributed by atoms with Crippen LogP contribution in [0.25, 0.3) is 0 Å². The molecule has 0 saturated carbocycles. The Hall–Kier alpha value is -0.410. The molecule has 0 aliphatic heterocycles. The van der Waals surface area contributed by atoms with E-state index in [9.17, 15) is 8.42 Å². The van der Waals surface area contributed by atoms with Gasteiger partial charge in [-0.1, -0.05) is 34.8 Å². The van der Waals surface area contributed by atoms with Crippen molar-refractivity contribution < 1.29 is 8.42 Å². The lowest BCUT2D eigenvalue weighted by Crippen LogP contribution is -2.14. The van der Waals surface area contributed by atoms with Crippen molar-refractivity contribution >= 4 is 78.8 Å². The Labute approximate surface area is 150 Å². The summed E-state index contributed by atoms with van der Waals surface area (Å²) in [5.74, 6) is 0. The van der Waals surface area contributed by atoms with E-state index in [1.807, 2.05) is 0 Å². The van der Waals surface area contributed by atoms with E-state index in [0.717, 1.165) is 3.57 Å². The maximum atomic E-state index is 12.4. The first-order chi connectivity index (χ1) is 9.72. The third-order valence-corrected chi connectivity index (χ3v) is 5.80. The van der Waals surface area contributed by atoms with Crippen LogP contribution in [0.3, 0.4) is 0 Å². The van der Waals surface area contributed by atoms with Crippen LogP contribution < -0.4 is 10.5 Å². The van der Waals surface area contributed by atoms with Crippen molar-refractivity contribution in [3.8, 4) is 0 Å². The first kappa shape index (κ1) is 17.0. The van der Waals surface area contributed by atoms with Gasteiger partial charge >= 0.3 is 0 Å². The predicted molar refractivity (Wildman–Crippen MR) is 95.9 cm³/mol. The normalized spacial score (nSPS) is 11.4. The Bertz CT molecular complexity index is 812. The van der Waals surface area contributed by atoms with Gasteiger partial charge in [0.15, 0.2) is 0 Å². The molecule has 0 fully saturated rings. The summed E-state index contributed by atoms with van der Waals surface area (Å²) in [7, 11) is -3.93. The molecule has 0 bridgehead atoms. The number of sulfonamides is 1. The van der Waals surface area contributed by atoms with E-state index in [4.69, 9.17) is 40.5 Å². The van der Waals surface area contributed by atoms with Gasteiger partial charge in [0.1, 0.15) is 4.90 Å². The molecule has 0 saturated heterocycles. The molecular formula is C12H8Cl3IN2O2S. The van der Waals surface area contributed by atoms with Gasteiger partial charge in [0.25, 0.3) is 10.0 Å². The predicted octanol–water partition coefficient (Wildman–Crippen LogP) is 4.63. The lowest BCUT2D eigenvalue weighted by atomic mass is 10.3. The zero-order valence-corrected chi connectivity index (χ0v) is 15.4. The second-order valence-corrected chi connectivity index (χ2v) is 8.09. The molecule has 0 heterocycles. The molecule has 0 aromatic heterocycles. The van der Waals surface area contributed by atoms with Crippen molar-refractivity contribution in [2.24, 2.45) is 0 Å². The van der Waals surface area contributed by atoms with Gasteiger partial charge < -0.3 is 5.73 Å². The van der Waals surface area contributed by atoms with Gasteiger partial charge in [-0.3, -0.25) is 4.72 Å². The Balaban J connectivity index is 2.46. The second-order valence-electron chi connectivity index (χ2n) is 4.00. The molecule has 3 N–H and O–H groups in total. The first-order valence-electron chi connectivity index (χ1n) is 5.43. The number of halogens is 4. The van der Waals surface area contributed by atoms with Crippen LogP contribution in [0.15, 0.2) is 35.2 Å². The third-order valence-electron chi connectivity index (χ3n) is 2.56.